The molecule has 1 saturated carbocycles. The van der Waals surface area contributed by atoms with Gasteiger partial charge in [0.1, 0.15) is 17.2 Å². The predicted molar refractivity (Wildman–Crippen MR) is 128 cm³/mol. The molecule has 7 rings (SSSR count). The van der Waals surface area contributed by atoms with Gasteiger partial charge in [-0.05, 0) is 54.3 Å². The lowest BCUT2D eigenvalue weighted by atomic mass is 10.0. The van der Waals surface area contributed by atoms with Gasteiger partial charge in [0.25, 0.3) is 0 Å². The predicted octanol–water partition coefficient (Wildman–Crippen LogP) is 5.85. The fourth-order valence-electron chi connectivity index (χ4n) is 4.67. The van der Waals surface area contributed by atoms with Gasteiger partial charge in [-0.25, -0.2) is 9.37 Å². The van der Waals surface area contributed by atoms with Crippen LogP contribution in [0.4, 0.5) is 4.39 Å². The number of hydrogen-bond acceptors (Lipinski definition) is 5. The van der Waals surface area contributed by atoms with E-state index in [2.05, 4.69) is 44.6 Å². The Balaban J connectivity index is 1.22. The van der Waals surface area contributed by atoms with Crippen molar-refractivity contribution in [3.8, 4) is 33.9 Å². The van der Waals surface area contributed by atoms with E-state index in [0.29, 0.717) is 17.6 Å². The average Bonchev–Trinajstić information content (AvgIpc) is 3.24. The molecule has 4 heterocycles. The lowest BCUT2D eigenvalue weighted by molar-refractivity contribution is 0.378. The van der Waals surface area contributed by atoms with Crippen LogP contribution in [0.5, 0.6) is 0 Å². The lowest BCUT2D eigenvalue weighted by Gasteiger charge is -2.05. The maximum absolute atomic E-state index is 13.4. The zero-order valence-electron chi connectivity index (χ0n) is 18.5. The van der Waals surface area contributed by atoms with E-state index in [-0.39, 0.29) is 11.7 Å². The first-order valence-electron chi connectivity index (χ1n) is 11.4. The molecule has 0 bridgehead atoms. The standard InChI is InChI=1S/C27H19FN6O/c28-19-9-6-17(7-10-19)25-22(13-30-32-25)18-8-11-24-29-14-23(34(24)15-18)26-31-27(35-33-26)21-12-20(21)16-4-2-1-3-5-16/h1-11,13-15,20-21H,12H2,(H,30,32). The van der Waals surface area contributed by atoms with Gasteiger partial charge in [0.15, 0.2) is 0 Å². The van der Waals surface area contributed by atoms with Crippen molar-refractivity contribution in [3.05, 3.63) is 103 Å². The van der Waals surface area contributed by atoms with E-state index in [4.69, 9.17) is 9.51 Å². The van der Waals surface area contributed by atoms with Crippen LogP contribution in [0.15, 0.2) is 89.8 Å². The van der Waals surface area contributed by atoms with Crippen LogP contribution in [0, 0.1) is 5.82 Å². The highest BCUT2D eigenvalue weighted by molar-refractivity contribution is 5.80. The van der Waals surface area contributed by atoms with Crippen LogP contribution in [0.2, 0.25) is 0 Å². The van der Waals surface area contributed by atoms with Crippen LogP contribution >= 0.6 is 0 Å². The first kappa shape index (κ1) is 19.8. The van der Waals surface area contributed by atoms with Gasteiger partial charge >= 0.3 is 0 Å². The third-order valence-corrected chi connectivity index (χ3v) is 6.58. The van der Waals surface area contributed by atoms with Gasteiger partial charge < -0.3 is 4.52 Å². The minimum Gasteiger partial charge on any atom is -0.339 e. The second kappa shape index (κ2) is 7.73. The van der Waals surface area contributed by atoms with Gasteiger partial charge in [-0.15, -0.1) is 0 Å². The molecule has 170 valence electrons. The second-order valence-corrected chi connectivity index (χ2v) is 8.76. The summed E-state index contributed by atoms with van der Waals surface area (Å²) in [6.45, 7) is 0. The average molecular weight is 462 g/mol. The van der Waals surface area contributed by atoms with Gasteiger partial charge in [0, 0.05) is 35.0 Å². The fraction of sp³-hybridized carbons (Fsp3) is 0.111. The molecule has 8 heteroatoms. The number of nitrogens with one attached hydrogen (secondary N) is 1. The maximum atomic E-state index is 13.4. The highest BCUT2D eigenvalue weighted by Gasteiger charge is 2.43. The second-order valence-electron chi connectivity index (χ2n) is 8.76. The molecule has 0 spiro atoms. The Kier molecular flexibility index (Phi) is 4.38. The molecule has 0 amide bonds. The summed E-state index contributed by atoms with van der Waals surface area (Å²) in [6, 6.07) is 20.7. The molecular weight excluding hydrogens is 443 g/mol. The summed E-state index contributed by atoms with van der Waals surface area (Å²) in [6.07, 6.45) is 6.58. The normalized spacial score (nSPS) is 17.2. The summed E-state index contributed by atoms with van der Waals surface area (Å²) in [5, 5.41) is 11.6. The molecule has 1 aliphatic rings. The van der Waals surface area contributed by atoms with Crippen LogP contribution in [-0.2, 0) is 0 Å². The molecule has 2 unspecified atom stereocenters. The lowest BCUT2D eigenvalue weighted by Crippen LogP contribution is -1.92. The number of fused-ring (bicyclic) bond motifs is 1. The Bertz CT molecular complexity index is 1650. The number of hydrogen-bond donors (Lipinski definition) is 1. The molecule has 7 nitrogen and oxygen atoms in total. The first-order valence-corrected chi connectivity index (χ1v) is 11.4. The first-order chi connectivity index (χ1) is 17.2. The summed E-state index contributed by atoms with van der Waals surface area (Å²) < 4.78 is 21.0. The summed E-state index contributed by atoms with van der Waals surface area (Å²) in [5.74, 6) is 1.56. The van der Waals surface area contributed by atoms with Crippen molar-refractivity contribution in [3.63, 3.8) is 0 Å². The van der Waals surface area contributed by atoms with Crippen LogP contribution in [0.3, 0.4) is 0 Å². The zero-order valence-corrected chi connectivity index (χ0v) is 18.5. The summed E-state index contributed by atoms with van der Waals surface area (Å²) in [7, 11) is 0. The third-order valence-electron chi connectivity index (χ3n) is 6.58. The van der Waals surface area contributed by atoms with Gasteiger partial charge in [0.2, 0.25) is 11.7 Å². The van der Waals surface area contributed by atoms with Crippen molar-refractivity contribution in [2.45, 2.75) is 18.3 Å². The Morgan fingerprint density at radius 1 is 0.943 bits per heavy atom. The van der Waals surface area contributed by atoms with Crippen LogP contribution in [0.25, 0.3) is 39.5 Å². The Morgan fingerprint density at radius 3 is 2.63 bits per heavy atom. The minimum absolute atomic E-state index is 0.248. The third kappa shape index (κ3) is 3.42. The minimum atomic E-state index is -0.281. The number of H-pyrrole nitrogens is 1. The van der Waals surface area contributed by atoms with Crippen molar-refractivity contribution in [2.75, 3.05) is 0 Å². The molecule has 1 fully saturated rings. The van der Waals surface area contributed by atoms with Gasteiger partial charge in [0.05, 0.1) is 11.9 Å². The maximum Gasteiger partial charge on any atom is 0.230 e. The van der Waals surface area contributed by atoms with E-state index < -0.39 is 0 Å². The molecule has 0 aliphatic heterocycles. The molecule has 35 heavy (non-hydrogen) atoms. The zero-order chi connectivity index (χ0) is 23.4. The monoisotopic (exact) mass is 462 g/mol. The number of benzene rings is 2. The number of imidazole rings is 1. The van der Waals surface area contributed by atoms with Crippen molar-refractivity contribution < 1.29 is 8.91 Å². The van der Waals surface area contributed by atoms with Crippen molar-refractivity contribution in [1.82, 2.24) is 29.7 Å². The van der Waals surface area contributed by atoms with Gasteiger partial charge in [-0.2, -0.15) is 10.1 Å². The van der Waals surface area contributed by atoms with E-state index in [1.165, 1.54) is 17.7 Å². The summed E-state index contributed by atoms with van der Waals surface area (Å²) >= 11 is 0. The van der Waals surface area contributed by atoms with Gasteiger partial charge in [-0.3, -0.25) is 9.50 Å². The molecule has 2 atom stereocenters. The molecule has 0 saturated heterocycles. The number of halogens is 1. The van der Waals surface area contributed by atoms with E-state index in [1.54, 1.807) is 18.3 Å². The molecule has 1 aliphatic carbocycles. The number of pyridine rings is 1. The smallest absolute Gasteiger partial charge is 0.230 e. The van der Waals surface area contributed by atoms with E-state index >= 15 is 0 Å². The number of rotatable bonds is 5. The Labute approximate surface area is 199 Å². The molecular formula is C27H19FN6O. The fourth-order valence-corrected chi connectivity index (χ4v) is 4.67. The van der Waals surface area contributed by atoms with Crippen molar-refractivity contribution in [1.29, 1.82) is 0 Å². The molecule has 6 aromatic rings. The van der Waals surface area contributed by atoms with Crippen LogP contribution in [0.1, 0.15) is 29.7 Å². The van der Waals surface area contributed by atoms with E-state index in [1.807, 2.05) is 35.0 Å². The number of aromatic amines is 1. The van der Waals surface area contributed by atoms with Crippen molar-refractivity contribution >= 4 is 5.65 Å². The van der Waals surface area contributed by atoms with Crippen LogP contribution in [-0.4, -0.2) is 29.7 Å². The SMILES string of the molecule is Fc1ccc(-c2n[nH]cc2-c2ccc3ncc(-c4noc(C5CC5c5ccccc5)n4)n3c2)cc1. The Morgan fingerprint density at radius 2 is 1.77 bits per heavy atom. The molecule has 1 N–H and O–H groups in total. The van der Waals surface area contributed by atoms with Gasteiger partial charge in [-0.1, -0.05) is 35.5 Å². The number of nitrogens with zero attached hydrogens (tertiary/aromatic N) is 5. The molecule has 0 radical (unpaired) electrons. The number of aromatic nitrogens is 6. The highest BCUT2D eigenvalue weighted by Crippen LogP contribution is 2.54. The summed E-state index contributed by atoms with van der Waals surface area (Å²) in [5.41, 5.74) is 6.22. The van der Waals surface area contributed by atoms with E-state index in [0.717, 1.165) is 40.1 Å². The van der Waals surface area contributed by atoms with E-state index in [9.17, 15) is 4.39 Å². The molecule has 2 aromatic carbocycles. The largest absolute Gasteiger partial charge is 0.339 e. The topological polar surface area (TPSA) is 84.9 Å². The van der Waals surface area contributed by atoms with Crippen LogP contribution < -0.4 is 0 Å². The highest BCUT2D eigenvalue weighted by atomic mass is 19.1. The Hall–Kier alpha value is -4.59. The summed E-state index contributed by atoms with van der Waals surface area (Å²) in [4.78, 5) is 9.23. The van der Waals surface area contributed by atoms with Crippen molar-refractivity contribution in [2.24, 2.45) is 0 Å². The quantitative estimate of drug-likeness (QED) is 0.347. The molecule has 4 aromatic heterocycles.